The molecule has 0 amide bonds. The van der Waals surface area contributed by atoms with Crippen molar-refractivity contribution >= 4 is 38.3 Å². The van der Waals surface area contributed by atoms with Gasteiger partial charge in [-0.2, -0.15) is 5.10 Å². The molecule has 0 aliphatic carbocycles. The number of hydrogen-bond donors (Lipinski definition) is 0. The summed E-state index contributed by atoms with van der Waals surface area (Å²) in [6.45, 7) is 0.921. The van der Waals surface area contributed by atoms with E-state index in [4.69, 9.17) is 4.74 Å². The lowest BCUT2D eigenvalue weighted by atomic mass is 10.6. The first kappa shape index (κ1) is 14.7. The maximum Gasteiger partial charge on any atom is 0.320 e. The van der Waals surface area contributed by atoms with Crippen molar-refractivity contribution in [1.29, 1.82) is 0 Å². The predicted octanol–water partition coefficient (Wildman–Crippen LogP) is 2.06. The molecular formula is C9H16IN3O3S. The fraction of sp³-hybridized carbons (Fsp3) is 0.667. The minimum absolute atomic E-state index is 0.0237. The summed E-state index contributed by atoms with van der Waals surface area (Å²) in [6.07, 6.45) is 7.91. The van der Waals surface area contributed by atoms with Crippen molar-refractivity contribution in [2.75, 3.05) is 31.1 Å². The summed E-state index contributed by atoms with van der Waals surface area (Å²) in [5.74, 6) is 1.02. The van der Waals surface area contributed by atoms with Gasteiger partial charge in [0.15, 0.2) is 3.70 Å². The van der Waals surface area contributed by atoms with Gasteiger partial charge in [-0.3, -0.25) is 10.1 Å². The van der Waals surface area contributed by atoms with Crippen LogP contribution in [-0.4, -0.2) is 45.8 Å². The van der Waals surface area contributed by atoms with Gasteiger partial charge in [0, 0.05) is 5.75 Å². The van der Waals surface area contributed by atoms with Crippen LogP contribution in [0.3, 0.4) is 0 Å². The Hall–Kier alpha value is -0.350. The molecule has 6 nitrogen and oxygen atoms in total. The summed E-state index contributed by atoms with van der Waals surface area (Å²) in [4.78, 5) is 10.2. The van der Waals surface area contributed by atoms with E-state index in [1.54, 1.807) is 0 Å². The molecule has 0 unspecified atom stereocenters. The van der Waals surface area contributed by atoms with Crippen molar-refractivity contribution in [2.24, 2.45) is 0 Å². The third-order valence-electron chi connectivity index (χ3n) is 2.01. The van der Waals surface area contributed by atoms with E-state index in [1.165, 1.54) is 10.9 Å². The van der Waals surface area contributed by atoms with Gasteiger partial charge in [0.25, 0.3) is 0 Å². The minimum atomic E-state index is -0.562. The maximum absolute atomic E-state index is 10.6. The van der Waals surface area contributed by atoms with Gasteiger partial charge in [-0.25, -0.2) is 14.7 Å². The first-order chi connectivity index (χ1) is 7.81. The number of nitro groups is 1. The molecule has 0 aliphatic rings. The van der Waals surface area contributed by atoms with E-state index in [1.807, 2.05) is 22.6 Å². The third kappa shape index (κ3) is 4.80. The normalized spacial score (nSPS) is 12.7. The molecule has 0 saturated carbocycles. The molecule has 0 spiro atoms. The topological polar surface area (TPSA) is 70.2 Å². The van der Waals surface area contributed by atoms with Gasteiger partial charge in [-0.1, -0.05) is 0 Å². The largest absolute Gasteiger partial charge is 0.358 e. The molecule has 8 heteroatoms. The Morgan fingerprint density at radius 2 is 2.24 bits per heavy atom. The summed E-state index contributed by atoms with van der Waals surface area (Å²) >= 11 is 1.90. The number of halogens is 1. The highest BCUT2D eigenvalue weighted by Gasteiger charge is 2.17. The lowest BCUT2D eigenvalue weighted by Gasteiger charge is -2.24. The predicted molar refractivity (Wildman–Crippen MR) is 77.8 cm³/mol. The molecule has 0 bridgehead atoms. The Kier molecular flexibility index (Phi) is 5.20. The van der Waals surface area contributed by atoms with Crippen LogP contribution in [0, 0.1) is 13.8 Å². The Morgan fingerprint density at radius 3 is 2.71 bits per heavy atom. The van der Waals surface area contributed by atoms with Gasteiger partial charge in [-0.15, -0.1) is 0 Å². The van der Waals surface area contributed by atoms with Crippen LogP contribution >= 0.6 is 32.6 Å². The molecule has 0 fully saturated rings. The van der Waals surface area contributed by atoms with E-state index >= 15 is 0 Å². The van der Waals surface area contributed by atoms with Crippen molar-refractivity contribution < 1.29 is 9.66 Å². The smallest absolute Gasteiger partial charge is 0.320 e. The average Bonchev–Trinajstić information content (AvgIpc) is 2.53. The van der Waals surface area contributed by atoms with E-state index in [2.05, 4.69) is 23.9 Å². The van der Waals surface area contributed by atoms with Gasteiger partial charge in [0.1, 0.15) is 12.9 Å². The highest BCUT2D eigenvalue weighted by molar-refractivity contribution is 14.1. The van der Waals surface area contributed by atoms with E-state index in [0.717, 1.165) is 5.75 Å². The first-order valence-electron chi connectivity index (χ1n) is 4.91. The molecule has 17 heavy (non-hydrogen) atoms. The third-order valence-corrected chi connectivity index (χ3v) is 4.51. The zero-order chi connectivity index (χ0) is 13.1. The number of nitrogens with zero attached hydrogens (tertiary/aromatic N) is 3. The van der Waals surface area contributed by atoms with Crippen molar-refractivity contribution in [3.05, 3.63) is 20.0 Å². The van der Waals surface area contributed by atoms with Crippen LogP contribution in [-0.2, 0) is 11.5 Å². The van der Waals surface area contributed by atoms with E-state index in [-0.39, 0.29) is 12.4 Å². The molecule has 0 aromatic carbocycles. The van der Waals surface area contributed by atoms with Gasteiger partial charge in [0.2, 0.25) is 0 Å². The van der Waals surface area contributed by atoms with Crippen molar-refractivity contribution in [1.82, 2.24) is 9.78 Å². The molecule has 0 atom stereocenters. The van der Waals surface area contributed by atoms with E-state index < -0.39 is 15.0 Å². The van der Waals surface area contributed by atoms with Crippen LogP contribution in [0.4, 0.5) is 5.69 Å². The second-order valence-corrected chi connectivity index (χ2v) is 10.0. The zero-order valence-electron chi connectivity index (χ0n) is 10.1. The molecule has 1 aromatic rings. The number of rotatable bonds is 6. The summed E-state index contributed by atoms with van der Waals surface area (Å²) in [5, 5.41) is 14.5. The molecule has 98 valence electrons. The molecule has 0 radical (unpaired) electrons. The SMILES string of the molecule is CS(C)(C)CCOCn1ncc([N+](=O)[O-])c1I. The second kappa shape index (κ2) is 6.01. The van der Waals surface area contributed by atoms with Gasteiger partial charge in [0.05, 0.1) is 11.5 Å². The summed E-state index contributed by atoms with van der Waals surface area (Å²) in [6, 6.07) is 0. The van der Waals surface area contributed by atoms with E-state index in [9.17, 15) is 10.1 Å². The number of hydrogen-bond acceptors (Lipinski definition) is 4. The Morgan fingerprint density at radius 1 is 1.59 bits per heavy atom. The van der Waals surface area contributed by atoms with Crippen LogP contribution in [0.2, 0.25) is 0 Å². The molecule has 0 N–H and O–H groups in total. The monoisotopic (exact) mass is 373 g/mol. The summed E-state index contributed by atoms with van der Waals surface area (Å²) < 4.78 is 7.46. The maximum atomic E-state index is 10.6. The first-order valence-corrected chi connectivity index (χ1v) is 9.01. The minimum Gasteiger partial charge on any atom is -0.358 e. The van der Waals surface area contributed by atoms with Crippen molar-refractivity contribution in [3.8, 4) is 0 Å². The van der Waals surface area contributed by atoms with E-state index in [0.29, 0.717) is 10.3 Å². The Balaban J connectivity index is 2.45. The Bertz CT molecular complexity index is 403. The van der Waals surface area contributed by atoms with Crippen LogP contribution in [0.15, 0.2) is 6.20 Å². The summed E-state index contributed by atoms with van der Waals surface area (Å²) in [5.41, 5.74) is 0.0237. The van der Waals surface area contributed by atoms with Crippen molar-refractivity contribution in [2.45, 2.75) is 6.73 Å². The van der Waals surface area contributed by atoms with Gasteiger partial charge >= 0.3 is 5.69 Å². The quantitative estimate of drug-likeness (QED) is 0.331. The van der Waals surface area contributed by atoms with Crippen LogP contribution in [0.25, 0.3) is 0 Å². The van der Waals surface area contributed by atoms with Crippen molar-refractivity contribution in [3.63, 3.8) is 0 Å². The molecule has 1 rings (SSSR count). The zero-order valence-corrected chi connectivity index (χ0v) is 13.0. The highest BCUT2D eigenvalue weighted by atomic mass is 127. The Labute approximate surface area is 115 Å². The van der Waals surface area contributed by atoms with Gasteiger partial charge in [-0.05, 0) is 41.4 Å². The number of ether oxygens (including phenoxy) is 1. The standard InChI is InChI=1S/C9H16IN3O3S/c1-17(2,3)5-4-16-7-12-9(10)8(6-11-12)13(14)15/h6H,4-5,7H2,1-3H3. The molecule has 0 saturated heterocycles. The molecular weight excluding hydrogens is 357 g/mol. The van der Waals surface area contributed by atoms with Crippen LogP contribution < -0.4 is 0 Å². The van der Waals surface area contributed by atoms with Gasteiger partial charge < -0.3 is 4.74 Å². The van der Waals surface area contributed by atoms with Crippen LogP contribution in [0.1, 0.15) is 0 Å². The fourth-order valence-electron chi connectivity index (χ4n) is 1.03. The average molecular weight is 373 g/mol. The van der Waals surface area contributed by atoms with Crippen LogP contribution in [0.5, 0.6) is 0 Å². The lowest BCUT2D eigenvalue weighted by molar-refractivity contribution is -0.386. The number of aromatic nitrogens is 2. The molecule has 1 aromatic heterocycles. The molecule has 0 aliphatic heterocycles. The second-order valence-electron chi connectivity index (χ2n) is 4.41. The fourth-order valence-corrected chi connectivity index (χ4v) is 2.25. The molecule has 1 heterocycles. The highest BCUT2D eigenvalue weighted by Crippen LogP contribution is 2.33. The lowest BCUT2D eigenvalue weighted by Crippen LogP contribution is -2.11. The summed E-state index contributed by atoms with van der Waals surface area (Å²) in [7, 11) is -0.562.